The Morgan fingerprint density at radius 3 is 2.71 bits per heavy atom. The molecule has 2 heterocycles. The van der Waals surface area contributed by atoms with E-state index in [-0.39, 0.29) is 12.5 Å². The fourth-order valence-corrected chi connectivity index (χ4v) is 2.45. The van der Waals surface area contributed by atoms with E-state index in [4.69, 9.17) is 5.11 Å². The molecule has 6 heteroatoms. The summed E-state index contributed by atoms with van der Waals surface area (Å²) >= 11 is 1.30. The van der Waals surface area contributed by atoms with E-state index >= 15 is 0 Å². The highest BCUT2D eigenvalue weighted by molar-refractivity contribution is 7.14. The molecule has 2 aromatic rings. The average molecular weight is 301 g/mol. The van der Waals surface area contributed by atoms with Crippen LogP contribution < -0.4 is 5.32 Å². The molecule has 0 unspecified atom stereocenters. The molecule has 0 aliphatic rings. The second-order valence-electron chi connectivity index (χ2n) is 4.37. The normalized spacial score (nSPS) is 9.86. The van der Waals surface area contributed by atoms with Gasteiger partial charge in [0.1, 0.15) is 0 Å². The van der Waals surface area contributed by atoms with Crippen molar-refractivity contribution in [3.63, 3.8) is 0 Å². The first-order valence-electron chi connectivity index (χ1n) is 6.41. The van der Waals surface area contributed by atoms with Crippen LogP contribution in [-0.2, 0) is 0 Å². The number of aliphatic hydroxyl groups is 1. The van der Waals surface area contributed by atoms with Crippen LogP contribution in [0.2, 0.25) is 0 Å². The first-order valence-corrected chi connectivity index (χ1v) is 7.23. The Morgan fingerprint density at radius 1 is 1.33 bits per heavy atom. The fourth-order valence-electron chi connectivity index (χ4n) is 1.68. The van der Waals surface area contributed by atoms with Crippen LogP contribution in [0.5, 0.6) is 0 Å². The van der Waals surface area contributed by atoms with Gasteiger partial charge in [-0.25, -0.2) is 9.97 Å². The third kappa shape index (κ3) is 4.38. The van der Waals surface area contributed by atoms with Gasteiger partial charge < -0.3 is 5.11 Å². The van der Waals surface area contributed by atoms with Gasteiger partial charge in [0.2, 0.25) is 5.95 Å². The summed E-state index contributed by atoms with van der Waals surface area (Å²) in [4.78, 5) is 21.8. The van der Waals surface area contributed by atoms with Gasteiger partial charge >= 0.3 is 0 Å². The molecular weight excluding hydrogens is 286 g/mol. The smallest absolute Gasteiger partial charge is 0.268 e. The van der Waals surface area contributed by atoms with Crippen molar-refractivity contribution in [2.24, 2.45) is 0 Å². The number of hydrogen-bond acceptors (Lipinski definition) is 5. The van der Waals surface area contributed by atoms with E-state index in [0.29, 0.717) is 17.2 Å². The Kier molecular flexibility index (Phi) is 5.04. The molecule has 2 rings (SSSR count). The van der Waals surface area contributed by atoms with Crippen molar-refractivity contribution in [1.82, 2.24) is 9.97 Å². The summed E-state index contributed by atoms with van der Waals surface area (Å²) in [6.07, 6.45) is 0.426. The van der Waals surface area contributed by atoms with Gasteiger partial charge in [0.05, 0.1) is 16.4 Å². The van der Waals surface area contributed by atoms with Crippen LogP contribution in [0.25, 0.3) is 0 Å². The highest BCUT2D eigenvalue weighted by Crippen LogP contribution is 2.16. The van der Waals surface area contributed by atoms with Gasteiger partial charge in [-0.2, -0.15) is 0 Å². The van der Waals surface area contributed by atoms with Gasteiger partial charge in [-0.1, -0.05) is 11.8 Å². The molecule has 1 amide bonds. The molecule has 0 fully saturated rings. The standard InChI is InChI=1S/C15H15N3O2S/c1-10-9-11(2)17-15(16-10)18-14(20)13-7-6-12(21-13)5-3-4-8-19/h6-7,9,19H,4,8H2,1-2H3,(H,16,17,18,20). The van der Waals surface area contributed by atoms with E-state index in [0.717, 1.165) is 16.3 Å². The third-order valence-electron chi connectivity index (χ3n) is 2.49. The van der Waals surface area contributed by atoms with Crippen LogP contribution in [0, 0.1) is 25.7 Å². The molecule has 5 nitrogen and oxygen atoms in total. The average Bonchev–Trinajstić information content (AvgIpc) is 2.86. The minimum absolute atomic E-state index is 0.0375. The van der Waals surface area contributed by atoms with E-state index in [1.54, 1.807) is 12.1 Å². The van der Waals surface area contributed by atoms with Crippen molar-refractivity contribution in [1.29, 1.82) is 0 Å². The van der Waals surface area contributed by atoms with Gasteiger partial charge in [-0.15, -0.1) is 11.3 Å². The SMILES string of the molecule is Cc1cc(C)nc(NC(=O)c2ccc(C#CCCO)s2)n1. The zero-order chi connectivity index (χ0) is 15.2. The van der Waals surface area contributed by atoms with Gasteiger partial charge in [0, 0.05) is 17.8 Å². The third-order valence-corrected chi connectivity index (χ3v) is 3.49. The van der Waals surface area contributed by atoms with E-state index in [9.17, 15) is 4.79 Å². The van der Waals surface area contributed by atoms with Crippen LogP contribution in [0.4, 0.5) is 5.95 Å². The molecule has 0 radical (unpaired) electrons. The Bertz CT molecular complexity index is 693. The number of hydrogen-bond donors (Lipinski definition) is 2. The van der Waals surface area contributed by atoms with Crippen LogP contribution in [-0.4, -0.2) is 27.6 Å². The van der Waals surface area contributed by atoms with Crippen molar-refractivity contribution in [2.45, 2.75) is 20.3 Å². The van der Waals surface area contributed by atoms with Crippen molar-refractivity contribution >= 4 is 23.2 Å². The number of anilines is 1. The summed E-state index contributed by atoms with van der Waals surface area (Å²) in [6, 6.07) is 5.34. The summed E-state index contributed by atoms with van der Waals surface area (Å²) in [5, 5.41) is 11.4. The molecule has 0 saturated heterocycles. The van der Waals surface area contributed by atoms with E-state index in [1.165, 1.54) is 11.3 Å². The molecule has 2 aromatic heterocycles. The summed E-state index contributed by atoms with van der Waals surface area (Å²) in [6.45, 7) is 3.74. The van der Waals surface area contributed by atoms with E-state index in [2.05, 4.69) is 27.1 Å². The van der Waals surface area contributed by atoms with Crippen molar-refractivity contribution in [3.05, 3.63) is 39.3 Å². The molecule has 0 saturated carbocycles. The second-order valence-corrected chi connectivity index (χ2v) is 5.45. The van der Waals surface area contributed by atoms with Gasteiger partial charge in [0.15, 0.2) is 0 Å². The van der Waals surface area contributed by atoms with Gasteiger partial charge in [0.25, 0.3) is 5.91 Å². The number of nitrogens with zero attached hydrogens (tertiary/aromatic N) is 2. The van der Waals surface area contributed by atoms with Crippen LogP contribution in [0.1, 0.15) is 32.4 Å². The zero-order valence-corrected chi connectivity index (χ0v) is 12.6. The molecule has 0 aliphatic carbocycles. The lowest BCUT2D eigenvalue weighted by Gasteiger charge is -2.03. The summed E-state index contributed by atoms with van der Waals surface area (Å²) in [5.74, 6) is 5.78. The molecule has 2 N–H and O–H groups in total. The quantitative estimate of drug-likeness (QED) is 0.852. The van der Waals surface area contributed by atoms with Crippen LogP contribution in [0.3, 0.4) is 0 Å². The number of thiophene rings is 1. The number of carbonyl (C=O) groups is 1. The first kappa shape index (κ1) is 15.2. The predicted molar refractivity (Wildman–Crippen MR) is 82.4 cm³/mol. The number of carbonyl (C=O) groups excluding carboxylic acids is 1. The number of aliphatic hydroxyl groups excluding tert-OH is 1. The topological polar surface area (TPSA) is 75.1 Å². The maximum Gasteiger partial charge on any atom is 0.268 e. The van der Waals surface area contributed by atoms with Crippen molar-refractivity contribution in [2.75, 3.05) is 11.9 Å². The second kappa shape index (κ2) is 6.97. The lowest BCUT2D eigenvalue weighted by molar-refractivity contribution is 0.102. The van der Waals surface area contributed by atoms with Crippen molar-refractivity contribution < 1.29 is 9.90 Å². The number of amides is 1. The molecular formula is C15H15N3O2S. The van der Waals surface area contributed by atoms with Gasteiger partial charge in [-0.05, 0) is 32.0 Å². The Hall–Kier alpha value is -2.23. The fraction of sp³-hybridized carbons (Fsp3) is 0.267. The molecule has 108 valence electrons. The molecule has 0 atom stereocenters. The lowest BCUT2D eigenvalue weighted by atomic mass is 10.3. The van der Waals surface area contributed by atoms with Crippen LogP contribution in [0.15, 0.2) is 18.2 Å². The van der Waals surface area contributed by atoms with Gasteiger partial charge in [-0.3, -0.25) is 10.1 Å². The van der Waals surface area contributed by atoms with Crippen molar-refractivity contribution in [3.8, 4) is 11.8 Å². The molecule has 0 aliphatic heterocycles. The molecule has 0 bridgehead atoms. The van der Waals surface area contributed by atoms with Crippen LogP contribution >= 0.6 is 11.3 Å². The molecule has 21 heavy (non-hydrogen) atoms. The number of aromatic nitrogens is 2. The highest BCUT2D eigenvalue weighted by Gasteiger charge is 2.11. The maximum absolute atomic E-state index is 12.1. The molecule has 0 spiro atoms. The maximum atomic E-state index is 12.1. The Labute approximate surface area is 127 Å². The molecule has 0 aromatic carbocycles. The number of aryl methyl sites for hydroxylation is 2. The van der Waals surface area contributed by atoms with E-state index < -0.39 is 0 Å². The Morgan fingerprint density at radius 2 is 2.05 bits per heavy atom. The summed E-state index contributed by atoms with van der Waals surface area (Å²) in [7, 11) is 0. The van der Waals surface area contributed by atoms with E-state index in [1.807, 2.05) is 19.9 Å². The summed E-state index contributed by atoms with van der Waals surface area (Å²) < 4.78 is 0. The number of rotatable bonds is 3. The predicted octanol–water partition coefficient (Wildman–Crippen LogP) is 2.14. The minimum atomic E-state index is -0.250. The minimum Gasteiger partial charge on any atom is -0.395 e. The lowest BCUT2D eigenvalue weighted by Crippen LogP contribution is -2.13. The monoisotopic (exact) mass is 301 g/mol. The largest absolute Gasteiger partial charge is 0.395 e. The Balaban J connectivity index is 2.09. The first-order chi connectivity index (χ1) is 10.1. The zero-order valence-electron chi connectivity index (χ0n) is 11.8. The number of nitrogens with one attached hydrogen (secondary N) is 1. The highest BCUT2D eigenvalue weighted by atomic mass is 32.1. The summed E-state index contributed by atoms with van der Waals surface area (Å²) in [5.41, 5.74) is 1.61.